The van der Waals surface area contributed by atoms with Gasteiger partial charge in [-0.3, -0.25) is 0 Å². The first-order valence-corrected chi connectivity index (χ1v) is 10.1. The molecule has 0 aliphatic heterocycles. The third-order valence-corrected chi connectivity index (χ3v) is 8.84. The molecule has 0 saturated heterocycles. The van der Waals surface area contributed by atoms with E-state index in [1.165, 1.54) is 12.0 Å². The van der Waals surface area contributed by atoms with Crippen molar-refractivity contribution < 1.29 is 44.0 Å². The summed E-state index contributed by atoms with van der Waals surface area (Å²) in [6.07, 6.45) is 10.5. The van der Waals surface area contributed by atoms with Crippen molar-refractivity contribution in [2.75, 3.05) is 0 Å². The fraction of sp³-hybridized carbons (Fsp3) is 0.111. The van der Waals surface area contributed by atoms with Crippen molar-refractivity contribution >= 4 is 18.9 Å². The average Bonchev–Trinajstić information content (AvgIpc) is 3.19. The summed E-state index contributed by atoms with van der Waals surface area (Å²) in [7, 11) is -0.168. The molecule has 4 rings (SSSR count). The maximum atomic E-state index is 2.47. The second kappa shape index (κ2) is 7.87. The van der Waals surface area contributed by atoms with Crippen LogP contribution in [0.25, 0.3) is 11.4 Å². The summed E-state index contributed by atoms with van der Waals surface area (Å²) in [4.78, 5) is 0. The van der Waals surface area contributed by atoms with E-state index in [0.29, 0.717) is 4.22 Å². The summed E-state index contributed by atoms with van der Waals surface area (Å²) in [5.41, 5.74) is 3.03. The quantitative estimate of drug-likeness (QED) is 0.639. The number of benzene rings is 1. The van der Waals surface area contributed by atoms with E-state index in [9.17, 15) is 0 Å². The Kier molecular flexibility index (Phi) is 6.39. The zero-order valence-corrected chi connectivity index (χ0v) is 15.9. The molecule has 1 heterocycles. The first-order chi connectivity index (χ1) is 9.92. The van der Waals surface area contributed by atoms with Crippen LogP contribution < -0.4 is 24.8 Å². The van der Waals surface area contributed by atoms with Gasteiger partial charge in [-0.25, -0.2) is 0 Å². The molecule has 1 atom stereocenters. The van der Waals surface area contributed by atoms with Gasteiger partial charge in [0.1, 0.15) is 0 Å². The monoisotopic (exact) mass is 380 g/mol. The van der Waals surface area contributed by atoms with Crippen molar-refractivity contribution in [3.63, 3.8) is 0 Å². The predicted molar refractivity (Wildman–Crippen MR) is 84.3 cm³/mol. The molecule has 0 spiro atoms. The Morgan fingerprint density at radius 1 is 1.00 bits per heavy atom. The number of allylic oxidation sites excluding steroid dienone is 5. The van der Waals surface area contributed by atoms with E-state index in [1.54, 1.807) is 14.8 Å². The van der Waals surface area contributed by atoms with Crippen LogP contribution in [0.15, 0.2) is 70.1 Å². The number of fused-ring (bicyclic) bond motifs is 1. The molecule has 1 unspecified atom stereocenters. The maximum absolute atomic E-state index is 2.47. The van der Waals surface area contributed by atoms with Crippen molar-refractivity contribution in [2.45, 2.75) is 10.6 Å². The summed E-state index contributed by atoms with van der Waals surface area (Å²) in [6.45, 7) is 0. The topological polar surface area (TPSA) is 0 Å². The van der Waals surface area contributed by atoms with Gasteiger partial charge < -0.3 is 24.8 Å². The number of rotatable bonds is 3. The van der Waals surface area contributed by atoms with E-state index >= 15 is 0 Å². The Morgan fingerprint density at radius 2 is 1.77 bits per heavy atom. The molecule has 0 amide bonds. The van der Waals surface area contributed by atoms with E-state index in [4.69, 9.17) is 0 Å². The van der Waals surface area contributed by atoms with E-state index in [0.717, 1.165) is 0 Å². The minimum absolute atomic E-state index is 0. The van der Waals surface area contributed by atoms with Crippen LogP contribution in [0.2, 0.25) is 0 Å². The first-order valence-electron chi connectivity index (χ1n) is 6.98. The van der Waals surface area contributed by atoms with Crippen molar-refractivity contribution in [2.24, 2.45) is 0 Å². The molecule has 0 N–H and O–H groups in total. The molecule has 0 nitrogen and oxygen atoms in total. The first kappa shape index (κ1) is 17.9. The molecule has 0 bridgehead atoms. The molecular weight excluding hydrogens is 366 g/mol. The Labute approximate surface area is 154 Å². The van der Waals surface area contributed by atoms with Gasteiger partial charge in [-0.2, -0.15) is 0 Å². The number of halogens is 2. The fourth-order valence-corrected chi connectivity index (χ4v) is 7.89. The summed E-state index contributed by atoms with van der Waals surface area (Å²) in [5, 5.41) is 1.68. The van der Waals surface area contributed by atoms with Gasteiger partial charge in [-0.15, -0.1) is 0 Å². The minimum Gasteiger partial charge on any atom is -1.00 e. The summed E-state index contributed by atoms with van der Waals surface area (Å²) in [6, 6.07) is 13.4. The van der Waals surface area contributed by atoms with Crippen LogP contribution in [0, 0.1) is 0 Å². The van der Waals surface area contributed by atoms with Crippen molar-refractivity contribution in [3.05, 3.63) is 81.2 Å². The molecule has 4 heteroatoms. The van der Waals surface area contributed by atoms with E-state index < -0.39 is 0 Å². The molecular formula is C18H15Cl2PTi. The number of hydrogen-bond donors (Lipinski definition) is 0. The molecule has 2 aliphatic rings. The van der Waals surface area contributed by atoms with Crippen LogP contribution >= 0.6 is 7.53 Å². The summed E-state index contributed by atoms with van der Waals surface area (Å²) < 4.78 is 2.40. The standard InChI is InChI=1S/C13H10P.C5H5.2ClH.Ti/c1-2-6-12-10-13(9-11(12)5-1)14-7-3-4-8-14;1-2-4-5-3-1;;;/h1-10H;1-3H,4H2;2*1H;/q;;;;+2/p-2. The van der Waals surface area contributed by atoms with Gasteiger partial charge in [0.05, 0.1) is 0 Å². The molecule has 0 fully saturated rings. The Hall–Kier alpha value is -0.486. The molecule has 0 saturated carbocycles. The van der Waals surface area contributed by atoms with Gasteiger partial charge in [0.15, 0.2) is 0 Å². The molecule has 22 heavy (non-hydrogen) atoms. The fourth-order valence-electron chi connectivity index (χ4n) is 2.93. The van der Waals surface area contributed by atoms with Crippen LogP contribution in [0.1, 0.15) is 21.8 Å². The van der Waals surface area contributed by atoms with E-state index in [-0.39, 0.29) is 51.5 Å². The normalized spacial score (nSPS) is 17.7. The molecule has 2 aliphatic carbocycles. The van der Waals surface area contributed by atoms with Crippen LogP contribution in [0.4, 0.5) is 0 Å². The second-order valence-corrected chi connectivity index (χ2v) is 9.47. The van der Waals surface area contributed by atoms with Crippen LogP contribution in [-0.2, 0) is 19.2 Å². The van der Waals surface area contributed by atoms with Gasteiger partial charge >= 0.3 is 130 Å². The van der Waals surface area contributed by atoms with E-state index in [2.05, 4.69) is 72.3 Å². The average molecular weight is 381 g/mol. The zero-order valence-electron chi connectivity index (χ0n) is 11.9. The van der Waals surface area contributed by atoms with Crippen molar-refractivity contribution in [1.82, 2.24) is 0 Å². The Balaban J connectivity index is 0.000000882. The molecule has 110 valence electrons. The third-order valence-electron chi connectivity index (χ3n) is 3.91. The molecule has 1 aromatic heterocycles. The summed E-state index contributed by atoms with van der Waals surface area (Å²) in [5.74, 6) is 4.79. The van der Waals surface area contributed by atoms with Gasteiger partial charge in [0.2, 0.25) is 0 Å². The van der Waals surface area contributed by atoms with Gasteiger partial charge in [0.25, 0.3) is 0 Å². The van der Waals surface area contributed by atoms with Crippen molar-refractivity contribution in [3.8, 4) is 0 Å². The van der Waals surface area contributed by atoms with Gasteiger partial charge in [-0.1, -0.05) is 0 Å². The molecule has 0 radical (unpaired) electrons. The van der Waals surface area contributed by atoms with Gasteiger partial charge in [0, 0.05) is 0 Å². The van der Waals surface area contributed by atoms with E-state index in [1.807, 2.05) is 0 Å². The molecule has 1 aromatic carbocycles. The maximum Gasteiger partial charge on any atom is -1.00 e. The molecule has 2 aromatic rings. The van der Waals surface area contributed by atoms with Gasteiger partial charge in [-0.05, 0) is 0 Å². The van der Waals surface area contributed by atoms with Crippen LogP contribution in [-0.4, -0.2) is 0 Å². The third kappa shape index (κ3) is 3.38. The number of hydrogen-bond acceptors (Lipinski definition) is 0. The Morgan fingerprint density at radius 3 is 2.50 bits per heavy atom. The minimum atomic E-state index is -0.168. The predicted octanol–water partition coefficient (Wildman–Crippen LogP) is -0.340. The van der Waals surface area contributed by atoms with Crippen LogP contribution in [0.5, 0.6) is 0 Å². The smallest absolute Gasteiger partial charge is 1.00 e. The summed E-state index contributed by atoms with van der Waals surface area (Å²) >= 11 is -0.104. The largest absolute Gasteiger partial charge is 1.00 e. The SMILES string of the molecule is C1=CC[C]([Ti+2][CH]2C(p3cccc3)=Cc3ccccc32)=C1.[Cl-].[Cl-]. The van der Waals surface area contributed by atoms with Crippen LogP contribution in [0.3, 0.4) is 0 Å². The van der Waals surface area contributed by atoms with Crippen molar-refractivity contribution in [1.29, 1.82) is 0 Å². The Bertz CT molecular complexity index is 729. The zero-order chi connectivity index (χ0) is 13.4. The second-order valence-electron chi connectivity index (χ2n) is 5.19.